The van der Waals surface area contributed by atoms with E-state index in [-0.39, 0.29) is 5.91 Å². The van der Waals surface area contributed by atoms with E-state index >= 15 is 0 Å². The molecule has 1 amide bonds. The molecule has 0 spiro atoms. The maximum Gasteiger partial charge on any atom is 0.264 e. The third kappa shape index (κ3) is 3.84. The van der Waals surface area contributed by atoms with Gasteiger partial charge in [-0.25, -0.2) is 4.99 Å². The molecule has 1 aliphatic rings. The van der Waals surface area contributed by atoms with Crippen LogP contribution >= 0.6 is 27.7 Å². The lowest BCUT2D eigenvalue weighted by molar-refractivity contribution is -0.115. The average Bonchev–Trinajstić information content (AvgIpc) is 3.36. The standard InChI is InChI=1S/C24H15BrN2O2S/c25-17-10-8-16(9-11-17)21-13-12-18(29-21)14-22-23(28)27-24(30-22)26-20-7-3-5-15-4-1-2-6-19(15)20/h1-14H,(H,26,27,28)/b22-14+. The highest BCUT2D eigenvalue weighted by molar-refractivity contribution is 9.10. The molecule has 4 aromatic rings. The van der Waals surface area contributed by atoms with Crippen molar-refractivity contribution in [1.82, 2.24) is 5.32 Å². The highest BCUT2D eigenvalue weighted by Gasteiger charge is 2.24. The van der Waals surface area contributed by atoms with Crippen molar-refractivity contribution in [1.29, 1.82) is 0 Å². The Morgan fingerprint density at radius 3 is 2.60 bits per heavy atom. The number of carbonyl (C=O) groups is 1. The monoisotopic (exact) mass is 474 g/mol. The minimum absolute atomic E-state index is 0.180. The Kier molecular flexibility index (Phi) is 5.02. The molecule has 1 N–H and O–H groups in total. The number of rotatable bonds is 3. The highest BCUT2D eigenvalue weighted by atomic mass is 79.9. The van der Waals surface area contributed by atoms with E-state index in [0.29, 0.717) is 15.8 Å². The number of carbonyl (C=O) groups excluding carboxylic acids is 1. The quantitative estimate of drug-likeness (QED) is 0.334. The van der Waals surface area contributed by atoms with Gasteiger partial charge in [0.15, 0.2) is 5.17 Å². The van der Waals surface area contributed by atoms with E-state index < -0.39 is 0 Å². The number of furan rings is 1. The van der Waals surface area contributed by atoms with Crippen molar-refractivity contribution in [2.45, 2.75) is 0 Å². The van der Waals surface area contributed by atoms with Crippen LogP contribution in [0.1, 0.15) is 5.76 Å². The van der Waals surface area contributed by atoms with Gasteiger partial charge in [0.05, 0.1) is 10.6 Å². The second-order valence-corrected chi connectivity index (χ2v) is 8.64. The molecule has 0 bridgehead atoms. The van der Waals surface area contributed by atoms with Gasteiger partial charge in [-0.15, -0.1) is 0 Å². The Morgan fingerprint density at radius 2 is 1.73 bits per heavy atom. The fourth-order valence-electron chi connectivity index (χ4n) is 3.22. The second-order valence-electron chi connectivity index (χ2n) is 6.69. The minimum atomic E-state index is -0.180. The second kappa shape index (κ2) is 7.97. The molecule has 1 saturated heterocycles. The molecular formula is C24H15BrN2O2S. The number of amidine groups is 1. The van der Waals surface area contributed by atoms with Gasteiger partial charge in [0.1, 0.15) is 11.5 Å². The fraction of sp³-hybridized carbons (Fsp3) is 0. The fourth-order valence-corrected chi connectivity index (χ4v) is 4.30. The molecule has 0 radical (unpaired) electrons. The highest BCUT2D eigenvalue weighted by Crippen LogP contribution is 2.32. The number of nitrogens with zero attached hydrogens (tertiary/aromatic N) is 1. The van der Waals surface area contributed by atoms with E-state index in [4.69, 9.17) is 4.42 Å². The zero-order valence-electron chi connectivity index (χ0n) is 15.6. The van der Waals surface area contributed by atoms with Crippen LogP contribution in [0.4, 0.5) is 5.69 Å². The summed E-state index contributed by atoms with van der Waals surface area (Å²) in [5, 5.41) is 5.56. The third-order valence-electron chi connectivity index (χ3n) is 4.67. The van der Waals surface area contributed by atoms with E-state index in [1.54, 1.807) is 6.08 Å². The first kappa shape index (κ1) is 18.9. The van der Waals surface area contributed by atoms with Crippen molar-refractivity contribution in [3.05, 3.63) is 94.0 Å². The third-order valence-corrected chi connectivity index (χ3v) is 6.11. The summed E-state index contributed by atoms with van der Waals surface area (Å²) in [5.41, 5.74) is 1.80. The zero-order chi connectivity index (χ0) is 20.5. The van der Waals surface area contributed by atoms with Crippen LogP contribution in [0, 0.1) is 0 Å². The molecule has 0 atom stereocenters. The van der Waals surface area contributed by atoms with Gasteiger partial charge in [-0.2, -0.15) is 0 Å². The maximum absolute atomic E-state index is 12.4. The molecule has 6 heteroatoms. The lowest BCUT2D eigenvalue weighted by Gasteiger charge is -2.02. The van der Waals surface area contributed by atoms with Gasteiger partial charge in [-0.1, -0.05) is 64.5 Å². The van der Waals surface area contributed by atoms with Crippen LogP contribution in [0.25, 0.3) is 28.2 Å². The van der Waals surface area contributed by atoms with Crippen molar-refractivity contribution in [3.8, 4) is 11.3 Å². The maximum atomic E-state index is 12.4. The van der Waals surface area contributed by atoms with E-state index in [9.17, 15) is 4.79 Å². The molecule has 0 aliphatic carbocycles. The number of aliphatic imine (C=N–C) groups is 1. The van der Waals surface area contributed by atoms with Crippen LogP contribution in [0.5, 0.6) is 0 Å². The van der Waals surface area contributed by atoms with Crippen molar-refractivity contribution in [2.24, 2.45) is 4.99 Å². The van der Waals surface area contributed by atoms with Gasteiger partial charge < -0.3 is 9.73 Å². The van der Waals surface area contributed by atoms with Gasteiger partial charge in [-0.3, -0.25) is 4.79 Å². The van der Waals surface area contributed by atoms with E-state index in [2.05, 4.69) is 26.2 Å². The summed E-state index contributed by atoms with van der Waals surface area (Å²) < 4.78 is 6.92. The van der Waals surface area contributed by atoms with E-state index in [1.165, 1.54) is 11.8 Å². The van der Waals surface area contributed by atoms with Gasteiger partial charge in [-0.05, 0) is 47.5 Å². The van der Waals surface area contributed by atoms with Crippen LogP contribution in [-0.4, -0.2) is 11.1 Å². The molecule has 30 heavy (non-hydrogen) atoms. The Hall–Kier alpha value is -3.09. The molecule has 1 aromatic heterocycles. The number of benzene rings is 3. The molecule has 3 aromatic carbocycles. The van der Waals surface area contributed by atoms with Gasteiger partial charge >= 0.3 is 0 Å². The first-order valence-electron chi connectivity index (χ1n) is 9.29. The first-order chi connectivity index (χ1) is 14.7. The molecule has 4 nitrogen and oxygen atoms in total. The van der Waals surface area contributed by atoms with Crippen LogP contribution in [0.3, 0.4) is 0 Å². The first-order valence-corrected chi connectivity index (χ1v) is 10.9. The molecular weight excluding hydrogens is 460 g/mol. The largest absolute Gasteiger partial charge is 0.457 e. The van der Waals surface area contributed by atoms with Gasteiger partial charge in [0.2, 0.25) is 0 Å². The topological polar surface area (TPSA) is 54.6 Å². The summed E-state index contributed by atoms with van der Waals surface area (Å²) in [5.74, 6) is 1.19. The van der Waals surface area contributed by atoms with Crippen LogP contribution in [0.15, 0.2) is 97.7 Å². The summed E-state index contributed by atoms with van der Waals surface area (Å²) in [6.07, 6.45) is 1.74. The van der Waals surface area contributed by atoms with Crippen LogP contribution in [0.2, 0.25) is 0 Å². The summed E-state index contributed by atoms with van der Waals surface area (Å²) in [7, 11) is 0. The lowest BCUT2D eigenvalue weighted by atomic mass is 10.1. The van der Waals surface area contributed by atoms with Gasteiger partial charge in [0.25, 0.3) is 5.91 Å². The van der Waals surface area contributed by atoms with Crippen molar-refractivity contribution < 1.29 is 9.21 Å². The summed E-state index contributed by atoms with van der Waals surface area (Å²) in [6, 6.07) is 25.7. The minimum Gasteiger partial charge on any atom is -0.457 e. The van der Waals surface area contributed by atoms with E-state index in [1.807, 2.05) is 78.9 Å². The summed E-state index contributed by atoms with van der Waals surface area (Å²) in [6.45, 7) is 0. The van der Waals surface area contributed by atoms with Crippen LogP contribution < -0.4 is 5.32 Å². The Labute approximate surface area is 185 Å². The number of hydrogen-bond acceptors (Lipinski definition) is 4. The normalized spacial score (nSPS) is 16.5. The molecule has 146 valence electrons. The van der Waals surface area contributed by atoms with Crippen molar-refractivity contribution in [3.63, 3.8) is 0 Å². The Morgan fingerprint density at radius 1 is 0.933 bits per heavy atom. The Balaban J connectivity index is 1.40. The van der Waals surface area contributed by atoms with Crippen molar-refractivity contribution in [2.75, 3.05) is 0 Å². The smallest absolute Gasteiger partial charge is 0.264 e. The number of hydrogen-bond donors (Lipinski definition) is 1. The average molecular weight is 475 g/mol. The molecule has 0 saturated carbocycles. The SMILES string of the molecule is O=C1NC(=Nc2cccc3ccccc23)S/C1=C/c1ccc(-c2ccc(Br)cc2)o1. The summed E-state index contributed by atoms with van der Waals surface area (Å²) in [4.78, 5) is 17.6. The molecule has 2 heterocycles. The molecule has 0 unspecified atom stereocenters. The number of fused-ring (bicyclic) bond motifs is 1. The molecule has 1 aliphatic heterocycles. The number of halogens is 1. The van der Waals surface area contributed by atoms with Crippen molar-refractivity contribution >= 4 is 61.3 Å². The number of thioether (sulfide) groups is 1. The summed E-state index contributed by atoms with van der Waals surface area (Å²) >= 11 is 4.74. The number of nitrogens with one attached hydrogen (secondary N) is 1. The predicted octanol–water partition coefficient (Wildman–Crippen LogP) is 6.75. The number of amides is 1. The van der Waals surface area contributed by atoms with Gasteiger partial charge in [0, 0.05) is 21.5 Å². The predicted molar refractivity (Wildman–Crippen MR) is 127 cm³/mol. The lowest BCUT2D eigenvalue weighted by Crippen LogP contribution is -2.19. The van der Waals surface area contributed by atoms with Crippen LogP contribution in [-0.2, 0) is 4.79 Å². The zero-order valence-corrected chi connectivity index (χ0v) is 18.0. The van der Waals surface area contributed by atoms with E-state index in [0.717, 1.165) is 32.3 Å². The molecule has 1 fully saturated rings. The Bertz CT molecular complexity index is 1320. The molecule has 5 rings (SSSR count).